The quantitative estimate of drug-likeness (QED) is 0.916. The molecule has 1 heterocycles. The van der Waals surface area contributed by atoms with Crippen molar-refractivity contribution in [2.45, 2.75) is 25.9 Å². The lowest BCUT2D eigenvalue weighted by Gasteiger charge is -2.11. The van der Waals surface area contributed by atoms with Crippen LogP contribution in [0.25, 0.3) is 0 Å². The van der Waals surface area contributed by atoms with Gasteiger partial charge in [0.2, 0.25) is 0 Å². The number of methoxy groups -OCH3 is 1. The molecule has 19 heavy (non-hydrogen) atoms. The van der Waals surface area contributed by atoms with E-state index in [4.69, 9.17) is 4.74 Å². The minimum absolute atomic E-state index is 0.203. The van der Waals surface area contributed by atoms with Gasteiger partial charge in [-0.25, -0.2) is 9.37 Å². The molecule has 3 nitrogen and oxygen atoms in total. The van der Waals surface area contributed by atoms with Gasteiger partial charge in [0, 0.05) is 18.2 Å². The Morgan fingerprint density at radius 1 is 1.42 bits per heavy atom. The number of hydrogen-bond donors (Lipinski definition) is 1. The van der Waals surface area contributed by atoms with Gasteiger partial charge in [0.1, 0.15) is 0 Å². The van der Waals surface area contributed by atoms with Crippen molar-refractivity contribution in [2.75, 3.05) is 7.11 Å². The first-order chi connectivity index (χ1) is 9.10. The summed E-state index contributed by atoms with van der Waals surface area (Å²) in [6.07, 6.45) is 0.0312. The molecule has 1 N–H and O–H groups in total. The first-order valence-corrected chi connectivity index (χ1v) is 6.88. The van der Waals surface area contributed by atoms with E-state index in [1.807, 2.05) is 12.3 Å². The molecule has 102 valence electrons. The Kier molecular flexibility index (Phi) is 4.50. The van der Waals surface area contributed by atoms with Gasteiger partial charge in [0.15, 0.2) is 11.6 Å². The zero-order valence-electron chi connectivity index (χ0n) is 10.9. The molecule has 0 fully saturated rings. The molecule has 0 saturated heterocycles. The van der Waals surface area contributed by atoms with Crippen molar-refractivity contribution in [1.29, 1.82) is 0 Å². The standard InChI is InChI=1S/C14H16FNO2S/c1-9-16-11(8-19-9)7-12(17)6-10-4-3-5-13(18-2)14(10)15/h3-5,8,12,17H,6-7H2,1-2H3. The summed E-state index contributed by atoms with van der Waals surface area (Å²) in [5, 5.41) is 12.9. The van der Waals surface area contributed by atoms with E-state index in [1.54, 1.807) is 29.5 Å². The Bertz CT molecular complexity index is 556. The fraction of sp³-hybridized carbons (Fsp3) is 0.357. The summed E-state index contributed by atoms with van der Waals surface area (Å²) in [5.74, 6) is -0.201. The highest BCUT2D eigenvalue weighted by atomic mass is 32.1. The van der Waals surface area contributed by atoms with Gasteiger partial charge in [-0.05, 0) is 18.6 Å². The molecule has 1 atom stereocenters. The zero-order chi connectivity index (χ0) is 13.8. The van der Waals surface area contributed by atoms with Crippen LogP contribution in [0.2, 0.25) is 0 Å². The smallest absolute Gasteiger partial charge is 0.168 e. The average molecular weight is 281 g/mol. The van der Waals surface area contributed by atoms with Gasteiger partial charge in [-0.2, -0.15) is 0 Å². The minimum atomic E-state index is -0.650. The second kappa shape index (κ2) is 6.12. The molecular weight excluding hydrogens is 265 g/mol. The number of nitrogens with zero attached hydrogens (tertiary/aromatic N) is 1. The summed E-state index contributed by atoms with van der Waals surface area (Å²) in [6.45, 7) is 1.92. The monoisotopic (exact) mass is 281 g/mol. The number of halogens is 1. The number of aliphatic hydroxyl groups is 1. The van der Waals surface area contributed by atoms with E-state index in [2.05, 4.69) is 4.98 Å². The maximum Gasteiger partial charge on any atom is 0.168 e. The SMILES string of the molecule is COc1cccc(CC(O)Cc2csc(C)n2)c1F. The molecule has 0 amide bonds. The number of aliphatic hydroxyl groups excluding tert-OH is 1. The highest BCUT2D eigenvalue weighted by Crippen LogP contribution is 2.21. The van der Waals surface area contributed by atoms with Crippen LogP contribution in [0.3, 0.4) is 0 Å². The van der Waals surface area contributed by atoms with E-state index in [0.717, 1.165) is 10.7 Å². The minimum Gasteiger partial charge on any atom is -0.494 e. The predicted octanol–water partition coefficient (Wildman–Crippen LogP) is 2.75. The fourth-order valence-electron chi connectivity index (χ4n) is 1.94. The molecule has 5 heteroatoms. The van der Waals surface area contributed by atoms with Crippen molar-refractivity contribution in [3.63, 3.8) is 0 Å². The molecule has 1 aromatic carbocycles. The number of ether oxygens (including phenoxy) is 1. The van der Waals surface area contributed by atoms with Gasteiger partial charge < -0.3 is 9.84 Å². The normalized spacial score (nSPS) is 12.4. The van der Waals surface area contributed by atoms with Gasteiger partial charge in [0.05, 0.1) is 23.9 Å². The molecule has 0 bridgehead atoms. The van der Waals surface area contributed by atoms with E-state index in [0.29, 0.717) is 12.0 Å². The number of benzene rings is 1. The van der Waals surface area contributed by atoms with Crippen molar-refractivity contribution in [1.82, 2.24) is 4.98 Å². The third-order valence-electron chi connectivity index (χ3n) is 2.83. The molecule has 0 aliphatic heterocycles. The Morgan fingerprint density at radius 3 is 2.84 bits per heavy atom. The third-order valence-corrected chi connectivity index (χ3v) is 3.65. The van der Waals surface area contributed by atoms with Gasteiger partial charge >= 0.3 is 0 Å². The highest BCUT2D eigenvalue weighted by molar-refractivity contribution is 7.09. The van der Waals surface area contributed by atoms with E-state index in [9.17, 15) is 9.50 Å². The summed E-state index contributed by atoms with van der Waals surface area (Å²) in [5.41, 5.74) is 1.30. The molecule has 0 aliphatic rings. The molecule has 2 rings (SSSR count). The van der Waals surface area contributed by atoms with E-state index >= 15 is 0 Å². The molecule has 2 aromatic rings. The second-order valence-corrected chi connectivity index (χ2v) is 5.42. The topological polar surface area (TPSA) is 42.4 Å². The molecule has 0 radical (unpaired) electrons. The van der Waals surface area contributed by atoms with E-state index in [-0.39, 0.29) is 12.2 Å². The van der Waals surface area contributed by atoms with Crippen LogP contribution < -0.4 is 4.74 Å². The number of aromatic nitrogens is 1. The summed E-state index contributed by atoms with van der Waals surface area (Å²) in [4.78, 5) is 4.29. The summed E-state index contributed by atoms with van der Waals surface area (Å²) < 4.78 is 18.8. The maximum absolute atomic E-state index is 13.9. The molecule has 0 spiro atoms. The summed E-state index contributed by atoms with van der Waals surface area (Å²) in [6, 6.07) is 4.94. The molecule has 1 unspecified atom stereocenters. The molecule has 0 aliphatic carbocycles. The maximum atomic E-state index is 13.9. The lowest BCUT2D eigenvalue weighted by molar-refractivity contribution is 0.173. The summed E-state index contributed by atoms with van der Waals surface area (Å²) >= 11 is 1.55. The van der Waals surface area contributed by atoms with Crippen molar-refractivity contribution < 1.29 is 14.2 Å². The number of rotatable bonds is 5. The Balaban J connectivity index is 2.04. The van der Waals surface area contributed by atoms with Crippen LogP contribution in [0.1, 0.15) is 16.3 Å². The zero-order valence-corrected chi connectivity index (χ0v) is 11.7. The van der Waals surface area contributed by atoms with Gasteiger partial charge in [-0.15, -0.1) is 11.3 Å². The van der Waals surface area contributed by atoms with Gasteiger partial charge in [0.25, 0.3) is 0 Å². The molecule has 0 saturated carbocycles. The van der Waals surface area contributed by atoms with Crippen molar-refractivity contribution in [3.05, 3.63) is 45.7 Å². The lowest BCUT2D eigenvalue weighted by atomic mass is 10.0. The molecule has 1 aromatic heterocycles. The van der Waals surface area contributed by atoms with Gasteiger partial charge in [-0.1, -0.05) is 12.1 Å². The van der Waals surface area contributed by atoms with Crippen LogP contribution >= 0.6 is 11.3 Å². The van der Waals surface area contributed by atoms with Crippen LogP contribution in [0.4, 0.5) is 4.39 Å². The second-order valence-electron chi connectivity index (χ2n) is 4.35. The highest BCUT2D eigenvalue weighted by Gasteiger charge is 2.14. The van der Waals surface area contributed by atoms with Crippen LogP contribution in [0.15, 0.2) is 23.6 Å². The summed E-state index contributed by atoms with van der Waals surface area (Å²) in [7, 11) is 1.43. The Labute approximate surface area is 115 Å². The largest absolute Gasteiger partial charge is 0.494 e. The van der Waals surface area contributed by atoms with E-state index < -0.39 is 11.9 Å². The van der Waals surface area contributed by atoms with Crippen LogP contribution in [-0.4, -0.2) is 23.3 Å². The third kappa shape index (κ3) is 3.52. The fourth-order valence-corrected chi connectivity index (χ4v) is 2.57. The van der Waals surface area contributed by atoms with Crippen molar-refractivity contribution >= 4 is 11.3 Å². The average Bonchev–Trinajstić information content (AvgIpc) is 2.77. The molecular formula is C14H16FNO2S. The van der Waals surface area contributed by atoms with Crippen molar-refractivity contribution in [2.24, 2.45) is 0 Å². The Hall–Kier alpha value is -1.46. The van der Waals surface area contributed by atoms with Crippen molar-refractivity contribution in [3.8, 4) is 5.75 Å². The first kappa shape index (κ1) is 14.0. The number of thiazole rings is 1. The lowest BCUT2D eigenvalue weighted by Crippen LogP contribution is -2.15. The predicted molar refractivity (Wildman–Crippen MR) is 73.2 cm³/mol. The Morgan fingerprint density at radius 2 is 2.21 bits per heavy atom. The number of aryl methyl sites for hydroxylation is 1. The number of hydrogen-bond acceptors (Lipinski definition) is 4. The van der Waals surface area contributed by atoms with Crippen LogP contribution in [0.5, 0.6) is 5.75 Å². The van der Waals surface area contributed by atoms with E-state index in [1.165, 1.54) is 7.11 Å². The first-order valence-electron chi connectivity index (χ1n) is 6.00. The van der Waals surface area contributed by atoms with Crippen LogP contribution in [-0.2, 0) is 12.8 Å². The van der Waals surface area contributed by atoms with Gasteiger partial charge in [-0.3, -0.25) is 0 Å². The van der Waals surface area contributed by atoms with Crippen LogP contribution in [0, 0.1) is 12.7 Å².